The fourth-order valence-electron chi connectivity index (χ4n) is 0.742. The summed E-state index contributed by atoms with van der Waals surface area (Å²) < 4.78 is 0. The van der Waals surface area contributed by atoms with Crippen molar-refractivity contribution in [1.29, 1.82) is 5.26 Å². The maximum Gasteiger partial charge on any atom is 0.0621 e. The molecule has 0 spiro atoms. The first-order chi connectivity index (χ1) is 5.31. The van der Waals surface area contributed by atoms with E-state index in [4.69, 9.17) is 5.26 Å². The number of nitrogens with one attached hydrogen (secondary N) is 1. The lowest BCUT2D eigenvalue weighted by molar-refractivity contribution is 0.592. The van der Waals surface area contributed by atoms with Gasteiger partial charge in [-0.2, -0.15) is 5.26 Å². The van der Waals surface area contributed by atoms with Crippen molar-refractivity contribution in [3.63, 3.8) is 0 Å². The third-order valence-corrected chi connectivity index (χ3v) is 1.54. The molecule has 0 bridgehead atoms. The number of rotatable bonds is 6. The minimum Gasteiger partial charge on any atom is -0.311 e. The Morgan fingerprint density at radius 1 is 1.64 bits per heavy atom. The summed E-state index contributed by atoms with van der Waals surface area (Å²) in [5.41, 5.74) is 0. The van der Waals surface area contributed by atoms with E-state index in [0.29, 0.717) is 12.5 Å². The fraction of sp³-hybridized carbons (Fsp3) is 0.667. The number of nitrogens with zero attached hydrogens (tertiary/aromatic N) is 1. The van der Waals surface area contributed by atoms with E-state index in [0.717, 1.165) is 19.4 Å². The SMILES string of the molecule is C=CC(C)NCCCCC#N. The Labute approximate surface area is 68.9 Å². The second kappa shape index (κ2) is 7.30. The molecule has 0 aliphatic rings. The second-order valence-electron chi connectivity index (χ2n) is 2.59. The highest BCUT2D eigenvalue weighted by molar-refractivity contribution is 4.80. The van der Waals surface area contributed by atoms with E-state index in [1.165, 1.54) is 0 Å². The predicted octanol–water partition coefficient (Wildman–Crippen LogP) is 1.84. The van der Waals surface area contributed by atoms with Crippen LogP contribution < -0.4 is 5.32 Å². The molecule has 0 saturated carbocycles. The maximum atomic E-state index is 8.23. The van der Waals surface area contributed by atoms with Crippen LogP contribution in [-0.2, 0) is 0 Å². The number of unbranched alkanes of at least 4 members (excludes halogenated alkanes) is 2. The Kier molecular flexibility index (Phi) is 6.76. The first kappa shape index (κ1) is 10.2. The van der Waals surface area contributed by atoms with E-state index in [1.807, 2.05) is 6.08 Å². The topological polar surface area (TPSA) is 35.8 Å². The summed E-state index contributed by atoms with van der Waals surface area (Å²) in [6, 6.07) is 2.51. The highest BCUT2D eigenvalue weighted by atomic mass is 14.9. The quantitative estimate of drug-likeness (QED) is 0.465. The van der Waals surface area contributed by atoms with Crippen molar-refractivity contribution in [3.05, 3.63) is 12.7 Å². The standard InChI is InChI=1S/C9H16N2/c1-3-9(2)11-8-6-4-5-7-10/h3,9,11H,1,4-6,8H2,2H3. The minimum absolute atomic E-state index is 0.386. The molecule has 11 heavy (non-hydrogen) atoms. The number of hydrogen-bond donors (Lipinski definition) is 1. The van der Waals surface area contributed by atoms with Crippen LogP contribution in [0.5, 0.6) is 0 Å². The lowest BCUT2D eigenvalue weighted by Crippen LogP contribution is -2.24. The molecule has 0 rings (SSSR count). The molecular formula is C9H16N2. The summed E-state index contributed by atoms with van der Waals surface area (Å²) in [7, 11) is 0. The molecule has 62 valence electrons. The minimum atomic E-state index is 0.386. The van der Waals surface area contributed by atoms with Gasteiger partial charge in [-0.15, -0.1) is 6.58 Å². The Bertz CT molecular complexity index is 135. The molecule has 0 fully saturated rings. The van der Waals surface area contributed by atoms with E-state index >= 15 is 0 Å². The first-order valence-electron chi connectivity index (χ1n) is 4.04. The van der Waals surface area contributed by atoms with Crippen molar-refractivity contribution in [2.24, 2.45) is 0 Å². The molecule has 1 unspecified atom stereocenters. The van der Waals surface area contributed by atoms with Crippen LogP contribution in [0.2, 0.25) is 0 Å². The normalized spacial score (nSPS) is 12.0. The van der Waals surface area contributed by atoms with Crippen LogP contribution in [0.1, 0.15) is 26.2 Å². The molecule has 0 aliphatic heterocycles. The van der Waals surface area contributed by atoms with Crippen molar-refractivity contribution in [2.45, 2.75) is 32.2 Å². The average molecular weight is 152 g/mol. The van der Waals surface area contributed by atoms with Gasteiger partial charge in [-0.25, -0.2) is 0 Å². The van der Waals surface area contributed by atoms with Gasteiger partial charge < -0.3 is 5.32 Å². The van der Waals surface area contributed by atoms with Crippen LogP contribution >= 0.6 is 0 Å². The van der Waals surface area contributed by atoms with Crippen LogP contribution in [0.25, 0.3) is 0 Å². The second-order valence-corrected chi connectivity index (χ2v) is 2.59. The molecular weight excluding hydrogens is 136 g/mol. The van der Waals surface area contributed by atoms with Gasteiger partial charge in [-0.05, 0) is 26.3 Å². The third kappa shape index (κ3) is 7.08. The van der Waals surface area contributed by atoms with Gasteiger partial charge in [0.25, 0.3) is 0 Å². The number of nitriles is 1. The summed E-state index contributed by atoms with van der Waals surface area (Å²) in [4.78, 5) is 0. The van der Waals surface area contributed by atoms with Crippen molar-refractivity contribution in [1.82, 2.24) is 5.32 Å². The molecule has 0 heterocycles. The van der Waals surface area contributed by atoms with Crippen LogP contribution in [0, 0.1) is 11.3 Å². The zero-order chi connectivity index (χ0) is 8.53. The molecule has 0 radical (unpaired) electrons. The van der Waals surface area contributed by atoms with Crippen molar-refractivity contribution in [2.75, 3.05) is 6.54 Å². The van der Waals surface area contributed by atoms with E-state index in [2.05, 4.69) is 24.9 Å². The van der Waals surface area contributed by atoms with E-state index < -0.39 is 0 Å². The molecule has 1 N–H and O–H groups in total. The Hall–Kier alpha value is -0.810. The summed E-state index contributed by atoms with van der Waals surface area (Å²) >= 11 is 0. The average Bonchev–Trinajstić information content (AvgIpc) is 2.04. The summed E-state index contributed by atoms with van der Waals surface area (Å²) in [6.07, 6.45) is 4.62. The summed E-state index contributed by atoms with van der Waals surface area (Å²) in [6.45, 7) is 6.71. The lowest BCUT2D eigenvalue weighted by atomic mass is 10.2. The summed E-state index contributed by atoms with van der Waals surface area (Å²) in [5, 5.41) is 11.5. The molecule has 2 heteroatoms. The fourth-order valence-corrected chi connectivity index (χ4v) is 0.742. The van der Waals surface area contributed by atoms with Gasteiger partial charge in [-0.1, -0.05) is 6.08 Å². The van der Waals surface area contributed by atoms with Gasteiger partial charge in [0.15, 0.2) is 0 Å². The molecule has 0 amide bonds. The van der Waals surface area contributed by atoms with Crippen LogP contribution in [0.15, 0.2) is 12.7 Å². The highest BCUT2D eigenvalue weighted by Gasteiger charge is 1.92. The van der Waals surface area contributed by atoms with Gasteiger partial charge in [0.2, 0.25) is 0 Å². The van der Waals surface area contributed by atoms with Gasteiger partial charge in [0.05, 0.1) is 6.07 Å². The third-order valence-electron chi connectivity index (χ3n) is 1.54. The van der Waals surface area contributed by atoms with Crippen LogP contribution in [0.3, 0.4) is 0 Å². The Balaban J connectivity index is 3.02. The van der Waals surface area contributed by atoms with E-state index in [1.54, 1.807) is 0 Å². The van der Waals surface area contributed by atoms with Gasteiger partial charge >= 0.3 is 0 Å². The smallest absolute Gasteiger partial charge is 0.0621 e. The lowest BCUT2D eigenvalue weighted by Gasteiger charge is -2.06. The molecule has 1 atom stereocenters. The number of hydrogen-bond acceptors (Lipinski definition) is 2. The molecule has 0 aromatic carbocycles. The first-order valence-corrected chi connectivity index (χ1v) is 4.04. The molecule has 2 nitrogen and oxygen atoms in total. The van der Waals surface area contributed by atoms with E-state index in [9.17, 15) is 0 Å². The zero-order valence-electron chi connectivity index (χ0n) is 7.14. The molecule has 0 aliphatic carbocycles. The van der Waals surface area contributed by atoms with Gasteiger partial charge in [-0.3, -0.25) is 0 Å². The predicted molar refractivity (Wildman–Crippen MR) is 47.1 cm³/mol. The monoisotopic (exact) mass is 152 g/mol. The van der Waals surface area contributed by atoms with Crippen LogP contribution in [-0.4, -0.2) is 12.6 Å². The highest BCUT2D eigenvalue weighted by Crippen LogP contribution is 1.92. The van der Waals surface area contributed by atoms with Gasteiger partial charge in [0.1, 0.15) is 0 Å². The van der Waals surface area contributed by atoms with Crippen molar-refractivity contribution in [3.8, 4) is 6.07 Å². The van der Waals surface area contributed by atoms with Crippen LogP contribution in [0.4, 0.5) is 0 Å². The molecule has 0 saturated heterocycles. The largest absolute Gasteiger partial charge is 0.311 e. The summed E-state index contributed by atoms with van der Waals surface area (Å²) in [5.74, 6) is 0. The molecule has 0 aromatic rings. The van der Waals surface area contributed by atoms with Crippen molar-refractivity contribution >= 4 is 0 Å². The zero-order valence-corrected chi connectivity index (χ0v) is 7.14. The van der Waals surface area contributed by atoms with E-state index in [-0.39, 0.29) is 0 Å². The van der Waals surface area contributed by atoms with Gasteiger partial charge in [0, 0.05) is 12.5 Å². The molecule has 0 aromatic heterocycles. The maximum absolute atomic E-state index is 8.23. The van der Waals surface area contributed by atoms with Crippen molar-refractivity contribution < 1.29 is 0 Å². The Morgan fingerprint density at radius 2 is 2.36 bits per heavy atom. The Morgan fingerprint density at radius 3 is 2.91 bits per heavy atom.